The van der Waals surface area contributed by atoms with Crippen LogP contribution in [0.3, 0.4) is 0 Å². The first-order valence-electron chi connectivity index (χ1n) is 7.10. The highest BCUT2D eigenvalue weighted by Gasteiger charge is 2.25. The second-order valence-corrected chi connectivity index (χ2v) is 7.47. The van der Waals surface area contributed by atoms with Gasteiger partial charge in [-0.05, 0) is 18.6 Å². The van der Waals surface area contributed by atoms with Crippen molar-refractivity contribution in [2.45, 2.75) is 12.1 Å². The molecular weight excluding hydrogens is 417 g/mol. The molecule has 0 aliphatic rings. The van der Waals surface area contributed by atoms with Crippen LogP contribution in [0.4, 0.5) is 5.69 Å². The van der Waals surface area contributed by atoms with Crippen LogP contribution in [0.25, 0.3) is 5.78 Å². The zero-order valence-corrected chi connectivity index (χ0v) is 16.1. The van der Waals surface area contributed by atoms with Crippen LogP contribution in [-0.2, 0) is 10.0 Å². The Balaban J connectivity index is 2.09. The maximum absolute atomic E-state index is 12.7. The molecule has 0 unspecified atom stereocenters. The number of anilines is 1. The van der Waals surface area contributed by atoms with E-state index in [9.17, 15) is 8.42 Å². The first kappa shape index (κ1) is 18.5. The maximum atomic E-state index is 12.7. The summed E-state index contributed by atoms with van der Waals surface area (Å²) in [6.45, 7) is 1.72. The molecule has 0 atom stereocenters. The summed E-state index contributed by atoms with van der Waals surface area (Å²) in [4.78, 5) is 7.96. The van der Waals surface area contributed by atoms with Gasteiger partial charge in [0.05, 0.1) is 36.0 Å². The van der Waals surface area contributed by atoms with E-state index in [2.05, 4.69) is 19.8 Å². The number of sulfonamides is 1. The summed E-state index contributed by atoms with van der Waals surface area (Å²) in [5.74, 6) is 0.388. The highest BCUT2D eigenvalue weighted by Crippen LogP contribution is 2.34. The molecule has 26 heavy (non-hydrogen) atoms. The molecule has 1 aromatic carbocycles. The number of hydrogen-bond donors (Lipinski definition) is 1. The van der Waals surface area contributed by atoms with Gasteiger partial charge in [-0.2, -0.15) is 22.9 Å². The fourth-order valence-electron chi connectivity index (χ4n) is 2.10. The number of fused-ring (bicyclic) bond motifs is 1. The average molecular weight is 430 g/mol. The van der Waals surface area contributed by atoms with Gasteiger partial charge in [-0.3, -0.25) is 4.72 Å². The van der Waals surface area contributed by atoms with Crippen molar-refractivity contribution in [3.63, 3.8) is 0 Å². The lowest BCUT2D eigenvalue weighted by Gasteiger charge is -2.10. The Bertz CT molecular complexity index is 1100. The van der Waals surface area contributed by atoms with Gasteiger partial charge in [-0.15, -0.1) is 5.10 Å². The van der Waals surface area contributed by atoms with Crippen molar-refractivity contribution < 1.29 is 17.9 Å². The SMILES string of the molecule is COc1cc(OC)n2nc(S(=O)(=O)N[14c]3[14c](Cl)[14cH][14cH][14c](C)[14c]3Cl)nc2n1. The molecule has 0 saturated carbocycles. The highest BCUT2D eigenvalue weighted by molar-refractivity contribution is 7.92. The van der Waals surface area contributed by atoms with E-state index in [1.54, 1.807) is 13.0 Å². The Morgan fingerprint density at radius 1 is 1.23 bits per heavy atom. The van der Waals surface area contributed by atoms with Crippen LogP contribution in [0, 0.1) is 6.92 Å². The van der Waals surface area contributed by atoms with Crippen LogP contribution in [0.1, 0.15) is 5.56 Å². The topological polar surface area (TPSA) is 108 Å². The zero-order valence-electron chi connectivity index (χ0n) is 13.8. The maximum Gasteiger partial charge on any atom is 0.299 e. The third-order valence-corrected chi connectivity index (χ3v) is 5.34. The number of nitrogens with zero attached hydrogens (tertiary/aromatic N) is 4. The van der Waals surface area contributed by atoms with Gasteiger partial charge in [0, 0.05) is 0 Å². The lowest BCUT2D eigenvalue weighted by atomic mass is 10.6. The second kappa shape index (κ2) is 6.78. The molecule has 2 heterocycles. The number of aromatic nitrogens is 4. The van der Waals surface area contributed by atoms with Crippen LogP contribution in [0.15, 0.2) is 23.4 Å². The zero-order chi connectivity index (χ0) is 19.1. The minimum Gasteiger partial charge on any atom is -0.481 e. The predicted octanol–water partition coefficient (Wildman–Crippen LogP) is 2.56. The molecule has 0 amide bonds. The van der Waals surface area contributed by atoms with Crippen molar-refractivity contribution in [2.75, 3.05) is 18.9 Å². The van der Waals surface area contributed by atoms with Gasteiger partial charge in [0.2, 0.25) is 11.8 Å². The molecule has 3 rings (SSSR count). The standard InChI is InChI=1S/C14H13Cl2N5O4S/c1-7-4-5-8(15)12(11(7)16)20-26(22,23)14-18-13-17-9(24-2)6-10(25-3)21(13)19-14/h4-6,20H,1-3H3/i4+2,5+2,7+2,8+2,11+2,12+2. The fourth-order valence-corrected chi connectivity index (χ4v) is 3.64. The lowest BCUT2D eigenvalue weighted by molar-refractivity contribution is 0.364. The fraction of sp³-hybridized carbons (Fsp3) is 0.214. The molecule has 0 aliphatic carbocycles. The van der Waals surface area contributed by atoms with Gasteiger partial charge < -0.3 is 9.47 Å². The average Bonchev–Trinajstić information content (AvgIpc) is 3.06. The first-order valence-corrected chi connectivity index (χ1v) is 9.34. The molecule has 0 spiro atoms. The number of methoxy groups -OCH3 is 2. The summed E-state index contributed by atoms with van der Waals surface area (Å²) < 4.78 is 39.0. The molecule has 1 N–H and O–H groups in total. The van der Waals surface area contributed by atoms with E-state index in [4.69, 9.17) is 32.7 Å². The van der Waals surface area contributed by atoms with E-state index >= 15 is 0 Å². The van der Waals surface area contributed by atoms with Crippen molar-refractivity contribution in [1.82, 2.24) is 19.6 Å². The molecular formula is C14H13Cl2N5O4S. The Hall–Kier alpha value is -2.30. The minimum absolute atomic E-state index is 0.0111. The van der Waals surface area contributed by atoms with Gasteiger partial charge in [-0.1, -0.05) is 29.3 Å². The van der Waals surface area contributed by atoms with Crippen molar-refractivity contribution in [3.05, 3.63) is 33.8 Å². The van der Waals surface area contributed by atoms with E-state index in [-0.39, 0.29) is 33.3 Å². The van der Waals surface area contributed by atoms with E-state index < -0.39 is 15.2 Å². The van der Waals surface area contributed by atoms with Crippen molar-refractivity contribution in [3.8, 4) is 11.8 Å². The Kier molecular flexibility index (Phi) is 4.82. The highest BCUT2D eigenvalue weighted by atomic mass is 35.5. The number of hydrogen-bond acceptors (Lipinski definition) is 7. The van der Waals surface area contributed by atoms with E-state index in [1.807, 2.05) is 0 Å². The number of aryl methyl sites for hydroxylation is 1. The summed E-state index contributed by atoms with van der Waals surface area (Å²) in [5, 5.41) is 3.74. The van der Waals surface area contributed by atoms with Crippen molar-refractivity contribution >= 4 is 44.7 Å². The molecule has 0 saturated heterocycles. The van der Waals surface area contributed by atoms with Gasteiger partial charge in [0.1, 0.15) is 0 Å². The molecule has 0 radical (unpaired) electrons. The molecule has 0 aliphatic heterocycles. The van der Waals surface area contributed by atoms with E-state index in [0.717, 1.165) is 4.52 Å². The largest absolute Gasteiger partial charge is 0.481 e. The molecule has 138 valence electrons. The van der Waals surface area contributed by atoms with Crippen LogP contribution in [0.2, 0.25) is 10.0 Å². The monoisotopic (exact) mass is 429 g/mol. The summed E-state index contributed by atoms with van der Waals surface area (Å²) in [5.41, 5.74) is 0.703. The molecule has 9 nitrogen and oxygen atoms in total. The molecule has 3 aromatic rings. The number of halogens is 2. The lowest BCUT2D eigenvalue weighted by Crippen LogP contribution is -2.15. The Morgan fingerprint density at radius 3 is 2.62 bits per heavy atom. The summed E-state index contributed by atoms with van der Waals surface area (Å²) >= 11 is 12.2. The summed E-state index contributed by atoms with van der Waals surface area (Å²) in [7, 11) is -1.37. The Morgan fingerprint density at radius 2 is 1.96 bits per heavy atom. The van der Waals surface area contributed by atoms with Gasteiger partial charge >= 0.3 is 0 Å². The molecule has 2 aromatic heterocycles. The number of benzene rings is 1. The number of rotatable bonds is 5. The van der Waals surface area contributed by atoms with Gasteiger partial charge in [0.25, 0.3) is 21.0 Å². The summed E-state index contributed by atoms with van der Waals surface area (Å²) in [6, 6.07) is 4.65. The van der Waals surface area contributed by atoms with Crippen LogP contribution in [0.5, 0.6) is 11.8 Å². The van der Waals surface area contributed by atoms with E-state index in [1.165, 1.54) is 26.4 Å². The van der Waals surface area contributed by atoms with Crippen LogP contribution >= 0.6 is 23.2 Å². The quantitative estimate of drug-likeness (QED) is 0.663. The smallest absolute Gasteiger partial charge is 0.299 e. The second-order valence-electron chi connectivity index (χ2n) is 5.11. The third-order valence-electron chi connectivity index (χ3n) is 3.42. The number of nitrogens with one attached hydrogen (secondary N) is 1. The third kappa shape index (κ3) is 3.22. The first-order chi connectivity index (χ1) is 12.3. The predicted molar refractivity (Wildman–Crippen MR) is 95.9 cm³/mol. The summed E-state index contributed by atoms with van der Waals surface area (Å²) in [6.07, 6.45) is 0. The minimum atomic E-state index is -4.18. The van der Waals surface area contributed by atoms with Gasteiger partial charge in [0.15, 0.2) is 0 Å². The molecule has 0 fully saturated rings. The van der Waals surface area contributed by atoms with Crippen molar-refractivity contribution in [2.24, 2.45) is 0 Å². The van der Waals surface area contributed by atoms with Crippen molar-refractivity contribution in [1.29, 1.82) is 0 Å². The van der Waals surface area contributed by atoms with E-state index in [0.29, 0.717) is 5.56 Å². The Labute approximate surface area is 158 Å². The van der Waals surface area contributed by atoms with Gasteiger partial charge in [-0.25, -0.2) is 0 Å². The number of ether oxygens (including phenoxy) is 2. The van der Waals surface area contributed by atoms with Crippen LogP contribution in [-0.4, -0.2) is 42.2 Å². The molecule has 0 bridgehead atoms. The molecule has 12 heteroatoms. The normalized spacial score (nSPS) is 11.6. The van der Waals surface area contributed by atoms with Crippen LogP contribution < -0.4 is 14.2 Å².